The smallest absolute Gasteiger partial charge is 0.335 e. The summed E-state index contributed by atoms with van der Waals surface area (Å²) in [4.78, 5) is 10.7. The summed E-state index contributed by atoms with van der Waals surface area (Å²) in [6.45, 7) is 1.59. The molecule has 1 fully saturated rings. The first-order valence-corrected chi connectivity index (χ1v) is 6.23. The number of hydrogen-bond donors (Lipinski definition) is 2. The second-order valence-corrected chi connectivity index (χ2v) is 4.85. The monoisotopic (exact) mass is 249 g/mol. The zero-order chi connectivity index (χ0) is 13.0. The van der Waals surface area contributed by atoms with Crippen LogP contribution in [0.1, 0.15) is 35.2 Å². The molecule has 0 heterocycles. The fourth-order valence-electron chi connectivity index (χ4n) is 2.22. The molecular weight excluding hydrogens is 230 g/mol. The molecule has 0 saturated heterocycles. The predicted molar refractivity (Wildman–Crippen MR) is 68.7 cm³/mol. The van der Waals surface area contributed by atoms with Gasteiger partial charge in [-0.3, -0.25) is 0 Å². The van der Waals surface area contributed by atoms with Crippen molar-refractivity contribution in [2.45, 2.75) is 31.4 Å². The Morgan fingerprint density at radius 2 is 2.06 bits per heavy atom. The maximum absolute atomic E-state index is 10.7. The number of methoxy groups -OCH3 is 1. The summed E-state index contributed by atoms with van der Waals surface area (Å²) in [6, 6.07) is 6.96. The molecule has 0 aromatic heterocycles. The van der Waals surface area contributed by atoms with Gasteiger partial charge >= 0.3 is 5.97 Å². The number of benzene rings is 1. The maximum atomic E-state index is 10.7. The van der Waals surface area contributed by atoms with Gasteiger partial charge in [-0.1, -0.05) is 12.1 Å². The van der Waals surface area contributed by atoms with Gasteiger partial charge < -0.3 is 15.2 Å². The summed E-state index contributed by atoms with van der Waals surface area (Å²) in [6.07, 6.45) is 3.48. The Hall–Kier alpha value is -1.39. The van der Waals surface area contributed by atoms with Crippen molar-refractivity contribution in [3.8, 4) is 0 Å². The van der Waals surface area contributed by atoms with Crippen LogP contribution in [0.3, 0.4) is 0 Å². The van der Waals surface area contributed by atoms with Crippen LogP contribution in [-0.2, 0) is 11.3 Å². The Morgan fingerprint density at radius 1 is 1.39 bits per heavy atom. The first kappa shape index (κ1) is 13.1. The van der Waals surface area contributed by atoms with E-state index in [0.717, 1.165) is 31.5 Å². The third-order valence-electron chi connectivity index (χ3n) is 3.67. The fraction of sp³-hybridized carbons (Fsp3) is 0.500. The summed E-state index contributed by atoms with van der Waals surface area (Å²) in [7, 11) is 1.77. The van der Waals surface area contributed by atoms with Crippen LogP contribution in [0.15, 0.2) is 24.3 Å². The normalized spacial score (nSPS) is 17.2. The van der Waals surface area contributed by atoms with Crippen molar-refractivity contribution in [1.29, 1.82) is 0 Å². The number of aromatic carboxylic acids is 1. The van der Waals surface area contributed by atoms with E-state index in [-0.39, 0.29) is 5.60 Å². The maximum Gasteiger partial charge on any atom is 0.335 e. The van der Waals surface area contributed by atoms with Crippen molar-refractivity contribution in [2.75, 3.05) is 13.7 Å². The molecule has 1 saturated carbocycles. The van der Waals surface area contributed by atoms with Crippen LogP contribution in [-0.4, -0.2) is 30.3 Å². The molecule has 98 valence electrons. The molecule has 0 unspecified atom stereocenters. The van der Waals surface area contributed by atoms with E-state index < -0.39 is 5.97 Å². The molecule has 4 heteroatoms. The summed E-state index contributed by atoms with van der Waals surface area (Å²) >= 11 is 0. The van der Waals surface area contributed by atoms with Gasteiger partial charge in [-0.2, -0.15) is 0 Å². The molecule has 0 aliphatic heterocycles. The third-order valence-corrected chi connectivity index (χ3v) is 3.67. The molecule has 0 amide bonds. The highest BCUT2D eigenvalue weighted by Crippen LogP contribution is 2.34. The van der Waals surface area contributed by atoms with Crippen LogP contribution in [0.5, 0.6) is 0 Å². The van der Waals surface area contributed by atoms with Gasteiger partial charge in [0, 0.05) is 20.2 Å². The van der Waals surface area contributed by atoms with E-state index in [1.165, 1.54) is 6.42 Å². The van der Waals surface area contributed by atoms with Gasteiger partial charge in [0.25, 0.3) is 0 Å². The van der Waals surface area contributed by atoms with Gasteiger partial charge in [-0.05, 0) is 37.0 Å². The lowest BCUT2D eigenvalue weighted by atomic mass is 9.80. The van der Waals surface area contributed by atoms with Gasteiger partial charge in [0.05, 0.1) is 11.2 Å². The highest BCUT2D eigenvalue weighted by atomic mass is 16.5. The molecule has 0 spiro atoms. The van der Waals surface area contributed by atoms with Crippen molar-refractivity contribution in [2.24, 2.45) is 0 Å². The number of carboxylic acids is 1. The molecular formula is C14H19NO3. The Kier molecular flexibility index (Phi) is 3.99. The lowest BCUT2D eigenvalue weighted by molar-refractivity contribution is -0.0695. The standard InChI is InChI=1S/C14H19NO3/c1-18-14(7-2-8-14)10-15-9-11-3-5-12(6-4-11)13(16)17/h3-6,15H,2,7-10H2,1H3,(H,16,17). The van der Waals surface area contributed by atoms with Crippen LogP contribution in [0.4, 0.5) is 0 Å². The minimum atomic E-state index is -0.887. The predicted octanol–water partition coefficient (Wildman–Crippen LogP) is 2.04. The van der Waals surface area contributed by atoms with Crippen LogP contribution in [0.25, 0.3) is 0 Å². The Bertz CT molecular complexity index is 404. The van der Waals surface area contributed by atoms with E-state index in [0.29, 0.717) is 5.56 Å². The molecule has 1 aliphatic rings. The zero-order valence-electron chi connectivity index (χ0n) is 10.6. The van der Waals surface area contributed by atoms with E-state index in [4.69, 9.17) is 9.84 Å². The molecule has 1 aliphatic carbocycles. The van der Waals surface area contributed by atoms with Crippen molar-refractivity contribution in [3.63, 3.8) is 0 Å². The largest absolute Gasteiger partial charge is 0.478 e. The molecule has 2 rings (SSSR count). The van der Waals surface area contributed by atoms with Crippen molar-refractivity contribution >= 4 is 5.97 Å². The molecule has 1 aromatic rings. The zero-order valence-corrected chi connectivity index (χ0v) is 10.6. The average molecular weight is 249 g/mol. The lowest BCUT2D eigenvalue weighted by Gasteiger charge is -2.40. The van der Waals surface area contributed by atoms with E-state index in [2.05, 4.69) is 5.32 Å². The number of ether oxygens (including phenoxy) is 1. The molecule has 18 heavy (non-hydrogen) atoms. The SMILES string of the molecule is COC1(CNCc2ccc(C(=O)O)cc2)CCC1. The number of rotatable bonds is 6. The second-order valence-electron chi connectivity index (χ2n) is 4.85. The van der Waals surface area contributed by atoms with Crippen molar-refractivity contribution in [3.05, 3.63) is 35.4 Å². The van der Waals surface area contributed by atoms with Crippen molar-refractivity contribution < 1.29 is 14.6 Å². The quantitative estimate of drug-likeness (QED) is 0.810. The molecule has 4 nitrogen and oxygen atoms in total. The van der Waals surface area contributed by atoms with Gasteiger partial charge in [0.1, 0.15) is 0 Å². The second kappa shape index (κ2) is 5.50. The highest BCUT2D eigenvalue weighted by molar-refractivity contribution is 5.87. The van der Waals surface area contributed by atoms with Gasteiger partial charge in [0.2, 0.25) is 0 Å². The highest BCUT2D eigenvalue weighted by Gasteiger charge is 2.36. The van der Waals surface area contributed by atoms with Crippen LogP contribution >= 0.6 is 0 Å². The van der Waals surface area contributed by atoms with Gasteiger partial charge in [-0.25, -0.2) is 4.79 Å². The minimum Gasteiger partial charge on any atom is -0.478 e. The van der Waals surface area contributed by atoms with Crippen LogP contribution < -0.4 is 5.32 Å². The van der Waals surface area contributed by atoms with E-state index >= 15 is 0 Å². The minimum absolute atomic E-state index is 0.0288. The number of nitrogens with one attached hydrogen (secondary N) is 1. The summed E-state index contributed by atoms with van der Waals surface area (Å²) in [5.41, 5.74) is 1.44. The number of carboxylic acid groups (broad SMARTS) is 1. The van der Waals surface area contributed by atoms with Crippen LogP contribution in [0.2, 0.25) is 0 Å². The fourth-order valence-corrected chi connectivity index (χ4v) is 2.22. The third kappa shape index (κ3) is 2.89. The number of hydrogen-bond acceptors (Lipinski definition) is 3. The van der Waals surface area contributed by atoms with Crippen molar-refractivity contribution in [1.82, 2.24) is 5.32 Å². The Balaban J connectivity index is 1.81. The summed E-state index contributed by atoms with van der Waals surface area (Å²) in [5, 5.41) is 12.2. The van der Waals surface area contributed by atoms with Gasteiger partial charge in [0.15, 0.2) is 0 Å². The lowest BCUT2D eigenvalue weighted by Crippen LogP contribution is -2.47. The molecule has 0 atom stereocenters. The van der Waals surface area contributed by atoms with E-state index in [9.17, 15) is 4.79 Å². The summed E-state index contributed by atoms with van der Waals surface area (Å²) in [5.74, 6) is -0.887. The Labute approximate surface area is 107 Å². The molecule has 2 N–H and O–H groups in total. The molecule has 0 bridgehead atoms. The van der Waals surface area contributed by atoms with Crippen LogP contribution in [0, 0.1) is 0 Å². The van der Waals surface area contributed by atoms with E-state index in [1.54, 1.807) is 19.2 Å². The molecule has 0 radical (unpaired) electrons. The molecule has 1 aromatic carbocycles. The first-order valence-electron chi connectivity index (χ1n) is 6.23. The van der Waals surface area contributed by atoms with Gasteiger partial charge in [-0.15, -0.1) is 0 Å². The average Bonchev–Trinajstić information content (AvgIpc) is 2.33. The topological polar surface area (TPSA) is 58.6 Å². The van der Waals surface area contributed by atoms with E-state index in [1.807, 2.05) is 12.1 Å². The first-order chi connectivity index (χ1) is 8.65. The summed E-state index contributed by atoms with van der Waals surface area (Å²) < 4.78 is 5.52. The number of carbonyl (C=O) groups is 1. The Morgan fingerprint density at radius 3 is 2.50 bits per heavy atom.